The van der Waals surface area contributed by atoms with Crippen LogP contribution < -0.4 is 0 Å². The van der Waals surface area contributed by atoms with E-state index in [1.165, 1.54) is 46.3 Å². The number of carbonyl (C=O) groups is 2. The molecule has 5 heteroatoms. The smallest absolute Gasteiger partial charge is 0.335 e. The maximum atomic E-state index is 12.5. The molecule has 4 aliphatic carbocycles. The lowest BCUT2D eigenvalue weighted by Gasteiger charge is -2.60. The van der Waals surface area contributed by atoms with E-state index >= 15 is 0 Å². The fourth-order valence-corrected chi connectivity index (χ4v) is 7.62. The SMILES string of the molecule is COC(=O)C1=C(C(=O)OC)C2(SC1)C1CC3CC(C1)CC2C3. The summed E-state index contributed by atoms with van der Waals surface area (Å²) in [5.41, 5.74) is 1.19. The van der Waals surface area contributed by atoms with E-state index in [2.05, 4.69) is 0 Å². The van der Waals surface area contributed by atoms with Crippen molar-refractivity contribution in [1.29, 1.82) is 0 Å². The molecule has 0 amide bonds. The van der Waals surface area contributed by atoms with E-state index < -0.39 is 0 Å². The highest BCUT2D eigenvalue weighted by Crippen LogP contribution is 2.67. The minimum atomic E-state index is -0.362. The van der Waals surface area contributed by atoms with E-state index in [4.69, 9.17) is 9.47 Å². The zero-order chi connectivity index (χ0) is 15.5. The van der Waals surface area contributed by atoms with Gasteiger partial charge in [-0.1, -0.05) is 0 Å². The highest BCUT2D eigenvalue weighted by Gasteiger charge is 2.63. The summed E-state index contributed by atoms with van der Waals surface area (Å²) in [5.74, 6) is 2.59. The third-order valence-electron chi connectivity index (χ3n) is 6.32. The summed E-state index contributed by atoms with van der Waals surface area (Å²) >= 11 is 1.81. The molecule has 0 saturated heterocycles. The molecule has 0 atom stereocenters. The van der Waals surface area contributed by atoms with Gasteiger partial charge in [0.15, 0.2) is 0 Å². The van der Waals surface area contributed by atoms with Crippen LogP contribution in [0, 0.1) is 23.7 Å². The van der Waals surface area contributed by atoms with Crippen molar-refractivity contribution in [2.24, 2.45) is 23.7 Å². The van der Waals surface area contributed by atoms with Gasteiger partial charge in [-0.05, 0) is 55.8 Å². The van der Waals surface area contributed by atoms with Gasteiger partial charge in [-0.3, -0.25) is 0 Å². The summed E-state index contributed by atoms with van der Waals surface area (Å²) in [4.78, 5) is 24.7. The molecule has 0 N–H and O–H groups in total. The highest BCUT2D eigenvalue weighted by molar-refractivity contribution is 8.01. The number of hydrogen-bond donors (Lipinski definition) is 0. The lowest BCUT2D eigenvalue weighted by Crippen LogP contribution is -2.57. The highest BCUT2D eigenvalue weighted by atomic mass is 32.2. The molecule has 0 radical (unpaired) electrons. The van der Waals surface area contributed by atoms with Gasteiger partial charge in [-0.15, -0.1) is 11.8 Å². The normalized spacial score (nSPS) is 42.1. The molecule has 0 aromatic rings. The van der Waals surface area contributed by atoms with Crippen LogP contribution in [0.3, 0.4) is 0 Å². The third-order valence-corrected chi connectivity index (χ3v) is 8.10. The quantitative estimate of drug-likeness (QED) is 0.731. The predicted octanol–water partition coefficient (Wildman–Crippen LogP) is 2.57. The Morgan fingerprint density at radius 1 is 0.955 bits per heavy atom. The lowest BCUT2D eigenvalue weighted by atomic mass is 9.50. The Morgan fingerprint density at radius 3 is 2.00 bits per heavy atom. The molecule has 0 aromatic carbocycles. The van der Waals surface area contributed by atoms with Crippen LogP contribution in [0.15, 0.2) is 11.1 Å². The first-order chi connectivity index (χ1) is 10.6. The van der Waals surface area contributed by atoms with Gasteiger partial charge < -0.3 is 9.47 Å². The summed E-state index contributed by atoms with van der Waals surface area (Å²) in [5, 5.41) is 0. The van der Waals surface area contributed by atoms with Gasteiger partial charge in [-0.25, -0.2) is 9.59 Å². The maximum Gasteiger partial charge on any atom is 0.335 e. The number of thioether (sulfide) groups is 1. The standard InChI is InChI=1S/C17H22O4S/c1-20-15(18)13-8-22-17(14(13)16(19)21-2)11-4-9-3-10(6-11)7-12(17)5-9/h9-12H,3-8H2,1-2H3. The van der Waals surface area contributed by atoms with Crippen LogP contribution in [0.25, 0.3) is 0 Å². The summed E-state index contributed by atoms with van der Waals surface area (Å²) in [7, 11) is 2.80. The van der Waals surface area contributed by atoms with Crippen molar-refractivity contribution in [3.63, 3.8) is 0 Å². The lowest BCUT2D eigenvalue weighted by molar-refractivity contribution is -0.140. The van der Waals surface area contributed by atoms with Gasteiger partial charge >= 0.3 is 11.9 Å². The molecule has 5 rings (SSSR count). The first kappa shape index (κ1) is 14.6. The largest absolute Gasteiger partial charge is 0.466 e. The number of rotatable bonds is 2. The van der Waals surface area contributed by atoms with Crippen molar-refractivity contribution in [3.8, 4) is 0 Å². The molecular formula is C17H22O4S. The molecule has 120 valence electrons. The van der Waals surface area contributed by atoms with Crippen molar-refractivity contribution < 1.29 is 19.1 Å². The van der Waals surface area contributed by atoms with Gasteiger partial charge in [0, 0.05) is 5.75 Å². The van der Waals surface area contributed by atoms with Crippen molar-refractivity contribution in [2.75, 3.05) is 20.0 Å². The fourth-order valence-electron chi connectivity index (χ4n) is 5.77. The van der Waals surface area contributed by atoms with Gasteiger partial charge in [-0.2, -0.15) is 0 Å². The van der Waals surface area contributed by atoms with Crippen molar-refractivity contribution >= 4 is 23.7 Å². The van der Waals surface area contributed by atoms with E-state index in [0.717, 1.165) is 11.8 Å². The predicted molar refractivity (Wildman–Crippen MR) is 83.3 cm³/mol. The Hall–Kier alpha value is -0.970. The van der Waals surface area contributed by atoms with Crippen molar-refractivity contribution in [1.82, 2.24) is 0 Å². The molecule has 1 heterocycles. The molecular weight excluding hydrogens is 300 g/mol. The van der Waals surface area contributed by atoms with E-state index in [9.17, 15) is 9.59 Å². The third kappa shape index (κ3) is 1.78. The van der Waals surface area contributed by atoms with Crippen LogP contribution in [0.1, 0.15) is 32.1 Å². The Kier molecular flexibility index (Phi) is 3.33. The van der Waals surface area contributed by atoms with E-state index in [1.807, 2.05) is 11.8 Å². The van der Waals surface area contributed by atoms with Crippen LogP contribution in [-0.2, 0) is 19.1 Å². The Bertz CT molecular complexity index is 537. The zero-order valence-corrected chi connectivity index (χ0v) is 13.9. The fraction of sp³-hybridized carbons (Fsp3) is 0.765. The monoisotopic (exact) mass is 322 g/mol. The molecule has 0 unspecified atom stereocenters. The first-order valence-electron chi connectivity index (χ1n) is 8.14. The molecule has 4 bridgehead atoms. The topological polar surface area (TPSA) is 52.6 Å². The molecule has 1 aliphatic heterocycles. The van der Waals surface area contributed by atoms with Gasteiger partial charge in [0.05, 0.1) is 30.1 Å². The second-order valence-electron chi connectivity index (χ2n) is 7.22. The Labute approximate surface area is 135 Å². The number of hydrogen-bond acceptors (Lipinski definition) is 5. The van der Waals surface area contributed by atoms with Crippen LogP contribution >= 0.6 is 11.8 Å². The zero-order valence-electron chi connectivity index (χ0n) is 13.1. The van der Waals surface area contributed by atoms with E-state index in [0.29, 0.717) is 28.7 Å². The van der Waals surface area contributed by atoms with Gasteiger partial charge in [0.1, 0.15) is 0 Å². The van der Waals surface area contributed by atoms with Crippen LogP contribution in [0.2, 0.25) is 0 Å². The van der Waals surface area contributed by atoms with Crippen molar-refractivity contribution in [3.05, 3.63) is 11.1 Å². The van der Waals surface area contributed by atoms with Gasteiger partial charge in [0.25, 0.3) is 0 Å². The number of methoxy groups -OCH3 is 2. The van der Waals surface area contributed by atoms with Crippen LogP contribution in [0.5, 0.6) is 0 Å². The summed E-state index contributed by atoms with van der Waals surface area (Å²) < 4.78 is 9.81. The molecule has 1 spiro atoms. The molecule has 4 saturated carbocycles. The average Bonchev–Trinajstić information content (AvgIpc) is 2.91. The molecule has 0 aromatic heterocycles. The number of carbonyl (C=O) groups excluding carboxylic acids is 2. The summed E-state index contributed by atoms with van der Waals surface area (Å²) in [6, 6.07) is 0. The minimum Gasteiger partial charge on any atom is -0.466 e. The van der Waals surface area contributed by atoms with Crippen molar-refractivity contribution in [2.45, 2.75) is 36.9 Å². The number of ether oxygens (including phenoxy) is 2. The minimum absolute atomic E-state index is 0.190. The van der Waals surface area contributed by atoms with E-state index in [1.54, 1.807) is 0 Å². The molecule has 5 aliphatic rings. The van der Waals surface area contributed by atoms with Gasteiger partial charge in [0.2, 0.25) is 0 Å². The van der Waals surface area contributed by atoms with Crippen LogP contribution in [-0.4, -0.2) is 36.7 Å². The van der Waals surface area contributed by atoms with Crippen LogP contribution in [0.4, 0.5) is 0 Å². The first-order valence-corrected chi connectivity index (χ1v) is 9.12. The second kappa shape index (κ2) is 5.02. The maximum absolute atomic E-state index is 12.5. The molecule has 4 nitrogen and oxygen atoms in total. The average molecular weight is 322 g/mol. The summed E-state index contributed by atoms with van der Waals surface area (Å²) in [6.07, 6.45) is 6.18. The molecule has 4 fully saturated rings. The molecule has 22 heavy (non-hydrogen) atoms. The van der Waals surface area contributed by atoms with E-state index in [-0.39, 0.29) is 16.7 Å². The number of esters is 2. The Morgan fingerprint density at radius 2 is 1.50 bits per heavy atom. The second-order valence-corrected chi connectivity index (χ2v) is 8.48. The Balaban J connectivity index is 1.82. The summed E-state index contributed by atoms with van der Waals surface area (Å²) in [6.45, 7) is 0.